The van der Waals surface area contributed by atoms with Crippen LogP contribution in [0.25, 0.3) is 10.9 Å². The smallest absolute Gasteiger partial charge is 0.0862 e. The van der Waals surface area contributed by atoms with Gasteiger partial charge in [0.1, 0.15) is 0 Å². The maximum Gasteiger partial charge on any atom is 0.0862 e. The van der Waals surface area contributed by atoms with Crippen LogP contribution in [0.4, 0.5) is 0 Å². The Balaban J connectivity index is 2.91. The fourth-order valence-corrected chi connectivity index (χ4v) is 1.27. The number of aromatic nitrogens is 3. The number of hydrogen-bond donors (Lipinski definition) is 1. The summed E-state index contributed by atoms with van der Waals surface area (Å²) in [5, 5.41) is 7.98. The Morgan fingerprint density at radius 1 is 1.36 bits per heavy atom. The predicted molar refractivity (Wildman–Crippen MR) is 43.4 cm³/mol. The molecule has 0 aliphatic carbocycles. The highest BCUT2D eigenvalue weighted by molar-refractivity contribution is 5.79. The van der Waals surface area contributed by atoms with Crippen molar-refractivity contribution in [2.24, 2.45) is 0 Å². The Kier molecular flexibility index (Phi) is 1.18. The van der Waals surface area contributed by atoms with E-state index in [1.54, 1.807) is 0 Å². The van der Waals surface area contributed by atoms with E-state index >= 15 is 0 Å². The van der Waals surface area contributed by atoms with E-state index in [1.165, 1.54) is 0 Å². The number of nitrogens with zero attached hydrogens (tertiary/aromatic N) is 2. The molecule has 11 heavy (non-hydrogen) atoms. The Labute approximate surface area is 64.5 Å². The summed E-state index contributed by atoms with van der Waals surface area (Å²) >= 11 is 0. The van der Waals surface area contributed by atoms with Crippen LogP contribution in [0.5, 0.6) is 0 Å². The summed E-state index contributed by atoms with van der Waals surface area (Å²) in [6.45, 7) is 3.97. The molecule has 0 aliphatic heterocycles. The lowest BCUT2D eigenvalue weighted by Crippen LogP contribution is -1.86. The number of nitrogens with one attached hydrogen (secondary N) is 1. The Morgan fingerprint density at radius 3 is 3.00 bits per heavy atom. The summed E-state index contributed by atoms with van der Waals surface area (Å²) < 4.78 is 0. The molecule has 0 radical (unpaired) electrons. The van der Waals surface area contributed by atoms with Gasteiger partial charge in [-0.1, -0.05) is 0 Å². The summed E-state index contributed by atoms with van der Waals surface area (Å²) in [5.74, 6) is 0. The van der Waals surface area contributed by atoms with Crippen LogP contribution in [0, 0.1) is 13.8 Å². The first-order chi connectivity index (χ1) is 5.27. The molecule has 0 aliphatic rings. The second kappa shape index (κ2) is 2.05. The van der Waals surface area contributed by atoms with E-state index in [0.29, 0.717) is 0 Å². The summed E-state index contributed by atoms with van der Waals surface area (Å²) in [7, 11) is 0. The number of aryl methyl sites for hydroxylation is 2. The highest BCUT2D eigenvalue weighted by Gasteiger charge is 1.99. The van der Waals surface area contributed by atoms with Gasteiger partial charge in [0.15, 0.2) is 0 Å². The van der Waals surface area contributed by atoms with E-state index in [-0.39, 0.29) is 0 Å². The molecule has 0 unspecified atom stereocenters. The molecule has 0 spiro atoms. The molecule has 0 aromatic carbocycles. The van der Waals surface area contributed by atoms with Gasteiger partial charge in [-0.15, -0.1) is 0 Å². The summed E-state index contributed by atoms with van der Waals surface area (Å²) in [6.07, 6.45) is 1.82. The molecule has 0 fully saturated rings. The summed E-state index contributed by atoms with van der Waals surface area (Å²) in [5.41, 5.74) is 3.09. The summed E-state index contributed by atoms with van der Waals surface area (Å²) in [4.78, 5) is 4.30. The molecule has 56 valence electrons. The Hall–Kier alpha value is -1.38. The largest absolute Gasteiger partial charge is 0.276 e. The summed E-state index contributed by atoms with van der Waals surface area (Å²) in [6, 6.07) is 2.02. The van der Waals surface area contributed by atoms with Gasteiger partial charge >= 0.3 is 0 Å². The fourth-order valence-electron chi connectivity index (χ4n) is 1.27. The quantitative estimate of drug-likeness (QED) is 0.614. The van der Waals surface area contributed by atoms with Crippen molar-refractivity contribution in [2.75, 3.05) is 0 Å². The van der Waals surface area contributed by atoms with Crippen molar-refractivity contribution in [1.82, 2.24) is 15.2 Å². The SMILES string of the molecule is Cc1cc2cn[nH]c2c(C)n1. The molecule has 2 heterocycles. The molecule has 3 heteroatoms. The fraction of sp³-hybridized carbons (Fsp3) is 0.250. The molecule has 0 saturated heterocycles. The van der Waals surface area contributed by atoms with Gasteiger partial charge in [0.2, 0.25) is 0 Å². The first-order valence-electron chi connectivity index (χ1n) is 3.55. The molecule has 0 amide bonds. The van der Waals surface area contributed by atoms with Gasteiger partial charge in [-0.25, -0.2) is 0 Å². The number of hydrogen-bond acceptors (Lipinski definition) is 2. The van der Waals surface area contributed by atoms with Crippen molar-refractivity contribution < 1.29 is 0 Å². The topological polar surface area (TPSA) is 41.6 Å². The lowest BCUT2D eigenvalue weighted by molar-refractivity contribution is 1.09. The predicted octanol–water partition coefficient (Wildman–Crippen LogP) is 1.57. The van der Waals surface area contributed by atoms with Gasteiger partial charge in [0.25, 0.3) is 0 Å². The number of H-pyrrole nitrogens is 1. The maximum atomic E-state index is 4.30. The van der Waals surface area contributed by atoms with E-state index in [9.17, 15) is 0 Å². The zero-order chi connectivity index (χ0) is 7.84. The van der Waals surface area contributed by atoms with Crippen molar-refractivity contribution in [1.29, 1.82) is 0 Å². The third-order valence-electron chi connectivity index (χ3n) is 1.74. The number of fused-ring (bicyclic) bond motifs is 1. The van der Waals surface area contributed by atoms with Crippen molar-refractivity contribution >= 4 is 10.9 Å². The lowest BCUT2D eigenvalue weighted by atomic mass is 10.2. The van der Waals surface area contributed by atoms with Crippen LogP contribution in [0.2, 0.25) is 0 Å². The van der Waals surface area contributed by atoms with E-state index in [0.717, 1.165) is 22.3 Å². The van der Waals surface area contributed by atoms with Crippen LogP contribution < -0.4 is 0 Å². The molecule has 3 nitrogen and oxygen atoms in total. The molecule has 0 atom stereocenters. The van der Waals surface area contributed by atoms with Crippen molar-refractivity contribution in [3.05, 3.63) is 23.7 Å². The van der Waals surface area contributed by atoms with E-state index < -0.39 is 0 Å². The van der Waals surface area contributed by atoms with Gasteiger partial charge in [-0.05, 0) is 19.9 Å². The van der Waals surface area contributed by atoms with Gasteiger partial charge < -0.3 is 0 Å². The molecular weight excluding hydrogens is 138 g/mol. The highest BCUT2D eigenvalue weighted by atomic mass is 15.1. The van der Waals surface area contributed by atoms with Crippen LogP contribution >= 0.6 is 0 Å². The molecule has 1 N–H and O–H groups in total. The average Bonchev–Trinajstić information content (AvgIpc) is 2.34. The minimum Gasteiger partial charge on any atom is -0.276 e. The Bertz CT molecular complexity index is 389. The average molecular weight is 147 g/mol. The van der Waals surface area contributed by atoms with E-state index in [2.05, 4.69) is 15.2 Å². The molecule has 2 rings (SSSR count). The van der Waals surface area contributed by atoms with E-state index in [4.69, 9.17) is 0 Å². The van der Waals surface area contributed by atoms with Crippen LogP contribution in [0.3, 0.4) is 0 Å². The van der Waals surface area contributed by atoms with Crippen molar-refractivity contribution in [2.45, 2.75) is 13.8 Å². The van der Waals surface area contributed by atoms with E-state index in [1.807, 2.05) is 26.1 Å². The van der Waals surface area contributed by atoms with Crippen molar-refractivity contribution in [3.8, 4) is 0 Å². The lowest BCUT2D eigenvalue weighted by Gasteiger charge is -1.95. The van der Waals surface area contributed by atoms with Crippen LogP contribution in [-0.2, 0) is 0 Å². The van der Waals surface area contributed by atoms with Crippen LogP contribution in [0.15, 0.2) is 12.3 Å². The molecule has 0 bridgehead atoms. The number of aromatic amines is 1. The molecule has 0 saturated carbocycles. The zero-order valence-electron chi connectivity index (χ0n) is 6.55. The minimum absolute atomic E-state index is 1.01. The second-order valence-electron chi connectivity index (χ2n) is 2.68. The first kappa shape index (κ1) is 6.34. The molecular formula is C8H9N3. The Morgan fingerprint density at radius 2 is 2.18 bits per heavy atom. The maximum absolute atomic E-state index is 4.30. The van der Waals surface area contributed by atoms with Gasteiger partial charge in [0.05, 0.1) is 17.4 Å². The monoisotopic (exact) mass is 147 g/mol. The zero-order valence-corrected chi connectivity index (χ0v) is 6.55. The normalized spacial score (nSPS) is 10.7. The third-order valence-corrected chi connectivity index (χ3v) is 1.74. The number of rotatable bonds is 0. The van der Waals surface area contributed by atoms with Gasteiger partial charge in [0, 0.05) is 11.1 Å². The second-order valence-corrected chi connectivity index (χ2v) is 2.68. The molecule has 2 aromatic rings. The minimum atomic E-state index is 1.01. The standard InChI is InChI=1S/C8H9N3/c1-5-3-7-4-9-11-8(7)6(2)10-5/h3-4H,1-2H3,(H,9,11). The molecule has 2 aromatic heterocycles. The highest BCUT2D eigenvalue weighted by Crippen LogP contribution is 2.13. The van der Waals surface area contributed by atoms with Gasteiger partial charge in [-0.3, -0.25) is 10.1 Å². The van der Waals surface area contributed by atoms with Crippen molar-refractivity contribution in [3.63, 3.8) is 0 Å². The van der Waals surface area contributed by atoms with Crippen LogP contribution in [-0.4, -0.2) is 15.2 Å². The van der Waals surface area contributed by atoms with Gasteiger partial charge in [-0.2, -0.15) is 5.10 Å². The van der Waals surface area contributed by atoms with Crippen LogP contribution in [0.1, 0.15) is 11.4 Å². The first-order valence-corrected chi connectivity index (χ1v) is 3.55. The third kappa shape index (κ3) is 0.888. The number of pyridine rings is 1.